The molecule has 3 atom stereocenters. The van der Waals surface area contributed by atoms with Gasteiger partial charge in [0, 0.05) is 6.42 Å². The number of aliphatic hydroxyl groups excluding tert-OH is 2. The molecule has 0 saturated heterocycles. The Balaban J connectivity index is 4.60. The molecule has 6 heteroatoms. The zero-order valence-electron chi connectivity index (χ0n) is 40.5. The van der Waals surface area contributed by atoms with E-state index in [4.69, 9.17) is 4.74 Å². The highest BCUT2D eigenvalue weighted by atomic mass is 16.5. The summed E-state index contributed by atoms with van der Waals surface area (Å²) in [6, 6.07) is -0.714. The summed E-state index contributed by atoms with van der Waals surface area (Å²) >= 11 is 0. The van der Waals surface area contributed by atoms with Crippen molar-refractivity contribution in [3.8, 4) is 0 Å². The van der Waals surface area contributed by atoms with Crippen LogP contribution in [0.15, 0.2) is 48.6 Å². The second-order valence-corrected chi connectivity index (χ2v) is 17.9. The topological polar surface area (TPSA) is 95.9 Å². The van der Waals surface area contributed by atoms with Crippen LogP contribution < -0.4 is 5.32 Å². The molecule has 0 aliphatic heterocycles. The third kappa shape index (κ3) is 44.2. The van der Waals surface area contributed by atoms with Gasteiger partial charge in [0.25, 0.3) is 0 Å². The molecule has 0 aromatic heterocycles. The fraction of sp³-hybridized carbons (Fsp3) is 0.818. The first-order valence-corrected chi connectivity index (χ1v) is 26.4. The summed E-state index contributed by atoms with van der Waals surface area (Å²) in [4.78, 5) is 26.1. The number of rotatable bonds is 47. The number of carbonyl (C=O) groups is 2. The number of hydrogen-bond acceptors (Lipinski definition) is 5. The highest BCUT2D eigenvalue weighted by molar-refractivity contribution is 5.77. The molecule has 0 aliphatic rings. The number of aliphatic hydroxyl groups is 2. The molecule has 0 bridgehead atoms. The number of hydrogen-bond donors (Lipinski definition) is 3. The van der Waals surface area contributed by atoms with Crippen LogP contribution in [0.1, 0.15) is 265 Å². The van der Waals surface area contributed by atoms with Gasteiger partial charge in [0.1, 0.15) is 6.10 Å². The van der Waals surface area contributed by atoms with Gasteiger partial charge < -0.3 is 20.3 Å². The molecule has 6 nitrogen and oxygen atoms in total. The van der Waals surface area contributed by atoms with E-state index >= 15 is 0 Å². The Bertz CT molecular complexity index is 1050. The van der Waals surface area contributed by atoms with Crippen molar-refractivity contribution in [1.82, 2.24) is 5.32 Å². The third-order valence-corrected chi connectivity index (χ3v) is 11.9. The summed E-state index contributed by atoms with van der Waals surface area (Å²) in [5, 5.41) is 23.8. The zero-order chi connectivity index (χ0) is 44.5. The molecule has 0 aromatic rings. The van der Waals surface area contributed by atoms with Gasteiger partial charge in [0.05, 0.1) is 25.2 Å². The molecule has 3 unspecified atom stereocenters. The minimum absolute atomic E-state index is 0.0483. The third-order valence-electron chi connectivity index (χ3n) is 11.9. The number of amides is 1. The average molecular weight is 856 g/mol. The molecular weight excluding hydrogens is 755 g/mol. The Hall–Kier alpha value is -2.18. The smallest absolute Gasteiger partial charge is 0.306 e. The molecule has 0 spiro atoms. The lowest BCUT2D eigenvalue weighted by Crippen LogP contribution is -2.46. The average Bonchev–Trinajstić information content (AvgIpc) is 3.25. The van der Waals surface area contributed by atoms with Gasteiger partial charge in [-0.3, -0.25) is 9.59 Å². The van der Waals surface area contributed by atoms with Gasteiger partial charge in [-0.05, 0) is 83.5 Å². The predicted molar refractivity (Wildman–Crippen MR) is 264 cm³/mol. The standard InChI is InChI=1S/C55H101NO5/c1-4-7-10-13-16-19-22-25-26-27-28-30-33-36-39-42-45-48-55(60)61-51(46-43-40-37-34-31-24-21-18-15-12-9-6-3)49-54(59)56-52(50-57)53(58)47-44-41-38-35-32-29-23-20-17-14-11-8-5-2/h16,19,25-26,28,30,34,37,51-53,57-58H,4-15,17-18,20-24,27,29,31-33,35-36,38-50H2,1-3H3,(H,56,59)/b19-16-,26-25-,30-28-,37-34-. The Morgan fingerprint density at radius 1 is 0.475 bits per heavy atom. The Morgan fingerprint density at radius 2 is 0.852 bits per heavy atom. The molecule has 0 radical (unpaired) electrons. The summed E-state index contributed by atoms with van der Waals surface area (Å²) in [6.45, 7) is 6.44. The lowest BCUT2D eigenvalue weighted by atomic mass is 10.0. The quantitative estimate of drug-likeness (QED) is 0.0322. The van der Waals surface area contributed by atoms with Crippen molar-refractivity contribution in [3.05, 3.63) is 48.6 Å². The molecular formula is C55H101NO5. The highest BCUT2D eigenvalue weighted by Crippen LogP contribution is 2.17. The first-order chi connectivity index (χ1) is 30.0. The number of carbonyl (C=O) groups excluding carboxylic acids is 2. The van der Waals surface area contributed by atoms with Gasteiger partial charge in [-0.25, -0.2) is 0 Å². The van der Waals surface area contributed by atoms with E-state index in [9.17, 15) is 19.8 Å². The Morgan fingerprint density at radius 3 is 1.34 bits per heavy atom. The van der Waals surface area contributed by atoms with Crippen LogP contribution in [0.3, 0.4) is 0 Å². The maximum atomic E-state index is 13.2. The minimum atomic E-state index is -0.797. The van der Waals surface area contributed by atoms with Gasteiger partial charge in [-0.2, -0.15) is 0 Å². The second-order valence-electron chi connectivity index (χ2n) is 17.9. The van der Waals surface area contributed by atoms with Crippen LogP contribution in [0, 0.1) is 0 Å². The zero-order valence-corrected chi connectivity index (χ0v) is 40.5. The summed E-state index contributed by atoms with van der Waals surface area (Å²) in [6.07, 6.45) is 58.8. The van der Waals surface area contributed by atoms with E-state index in [2.05, 4.69) is 74.7 Å². The first kappa shape index (κ1) is 58.8. The molecule has 356 valence electrons. The molecule has 0 saturated carbocycles. The van der Waals surface area contributed by atoms with E-state index in [1.807, 2.05) is 0 Å². The Labute approximate surface area is 378 Å². The van der Waals surface area contributed by atoms with E-state index in [1.165, 1.54) is 135 Å². The minimum Gasteiger partial charge on any atom is -0.462 e. The highest BCUT2D eigenvalue weighted by Gasteiger charge is 2.24. The number of allylic oxidation sites excluding steroid dienone is 8. The van der Waals surface area contributed by atoms with E-state index < -0.39 is 18.2 Å². The van der Waals surface area contributed by atoms with Crippen molar-refractivity contribution in [2.45, 2.75) is 283 Å². The van der Waals surface area contributed by atoms with Crippen LogP contribution >= 0.6 is 0 Å². The van der Waals surface area contributed by atoms with Crippen LogP contribution in [0.5, 0.6) is 0 Å². The van der Waals surface area contributed by atoms with E-state index in [1.54, 1.807) is 0 Å². The predicted octanol–water partition coefficient (Wildman–Crippen LogP) is 15.8. The van der Waals surface area contributed by atoms with Crippen LogP contribution in [0.2, 0.25) is 0 Å². The molecule has 3 N–H and O–H groups in total. The van der Waals surface area contributed by atoms with Crippen LogP contribution in [0.25, 0.3) is 0 Å². The molecule has 1 amide bonds. The van der Waals surface area contributed by atoms with Crippen LogP contribution in [-0.2, 0) is 14.3 Å². The van der Waals surface area contributed by atoms with Crippen molar-refractivity contribution in [3.63, 3.8) is 0 Å². The van der Waals surface area contributed by atoms with Crippen molar-refractivity contribution in [2.75, 3.05) is 6.61 Å². The van der Waals surface area contributed by atoms with Crippen molar-refractivity contribution < 1.29 is 24.5 Å². The van der Waals surface area contributed by atoms with E-state index in [0.717, 1.165) is 83.5 Å². The van der Waals surface area contributed by atoms with Gasteiger partial charge in [0.2, 0.25) is 5.91 Å². The molecule has 0 fully saturated rings. The van der Waals surface area contributed by atoms with Gasteiger partial charge >= 0.3 is 5.97 Å². The normalized spacial score (nSPS) is 13.6. The van der Waals surface area contributed by atoms with Crippen molar-refractivity contribution in [2.24, 2.45) is 0 Å². The summed E-state index contributed by atoms with van der Waals surface area (Å²) in [7, 11) is 0. The van der Waals surface area contributed by atoms with Gasteiger partial charge in [0.15, 0.2) is 0 Å². The van der Waals surface area contributed by atoms with Crippen molar-refractivity contribution in [1.29, 1.82) is 0 Å². The summed E-state index contributed by atoms with van der Waals surface area (Å²) < 4.78 is 5.91. The molecule has 61 heavy (non-hydrogen) atoms. The number of nitrogens with one attached hydrogen (secondary N) is 1. The lowest BCUT2D eigenvalue weighted by Gasteiger charge is -2.24. The van der Waals surface area contributed by atoms with E-state index in [-0.39, 0.29) is 24.9 Å². The molecule has 0 rings (SSSR count). The van der Waals surface area contributed by atoms with Gasteiger partial charge in [-0.15, -0.1) is 0 Å². The SMILES string of the molecule is CCCCC/C=C\C/C=C\C/C=C\CCCCCCC(=O)OC(CCC/C=C\CCCCCCCCC)CC(=O)NC(CO)C(O)CCCCCCCCCCCCCCC. The fourth-order valence-corrected chi connectivity index (χ4v) is 7.85. The maximum absolute atomic E-state index is 13.2. The summed E-state index contributed by atoms with van der Waals surface area (Å²) in [5.74, 6) is -0.523. The van der Waals surface area contributed by atoms with Crippen LogP contribution in [0.4, 0.5) is 0 Å². The monoisotopic (exact) mass is 856 g/mol. The number of ether oxygens (including phenoxy) is 1. The molecule has 0 aromatic carbocycles. The van der Waals surface area contributed by atoms with Crippen molar-refractivity contribution >= 4 is 11.9 Å². The lowest BCUT2D eigenvalue weighted by molar-refractivity contribution is -0.151. The number of esters is 1. The Kier molecular flexibility index (Phi) is 47.1. The second kappa shape index (κ2) is 48.8. The van der Waals surface area contributed by atoms with Gasteiger partial charge in [-0.1, -0.05) is 217 Å². The largest absolute Gasteiger partial charge is 0.462 e. The maximum Gasteiger partial charge on any atom is 0.306 e. The summed E-state index contributed by atoms with van der Waals surface area (Å²) in [5.41, 5.74) is 0. The fourth-order valence-electron chi connectivity index (χ4n) is 7.85. The van der Waals surface area contributed by atoms with Crippen LogP contribution in [-0.4, -0.2) is 46.9 Å². The first-order valence-electron chi connectivity index (χ1n) is 26.4. The van der Waals surface area contributed by atoms with E-state index in [0.29, 0.717) is 19.3 Å². The molecule has 0 heterocycles. The number of unbranched alkanes of at least 4 members (excludes halogenated alkanes) is 27. The molecule has 0 aliphatic carbocycles.